The molecule has 0 saturated heterocycles. The van der Waals surface area contributed by atoms with Crippen molar-refractivity contribution in [2.75, 3.05) is 26.2 Å². The molecule has 49 heavy (non-hydrogen) atoms. The maximum Gasteiger partial charge on any atom is 0.243 e. The van der Waals surface area contributed by atoms with E-state index < -0.39 is 53.9 Å². The molecule has 0 radical (unpaired) electrons. The Kier molecular flexibility index (Phi) is 22.8. The highest BCUT2D eigenvalue weighted by molar-refractivity contribution is 5.95. The normalized spacial score (nSPS) is 18.4. The van der Waals surface area contributed by atoms with Crippen LogP contribution in [0.3, 0.4) is 0 Å². The van der Waals surface area contributed by atoms with Gasteiger partial charge in [-0.05, 0) is 78.9 Å². The first-order chi connectivity index (χ1) is 21.5. The fourth-order valence-corrected chi connectivity index (χ4v) is 4.89. The zero-order chi connectivity index (χ0) is 33.1. The fourth-order valence-electron chi connectivity index (χ4n) is 4.89. The van der Waals surface area contributed by atoms with Crippen LogP contribution >= 0.6 is 49.6 Å². The van der Waals surface area contributed by atoms with E-state index in [1.165, 1.54) is 12.1 Å². The molecule has 1 aliphatic heterocycles. The van der Waals surface area contributed by atoms with Crippen molar-refractivity contribution in [3.8, 4) is 22.6 Å². The molecule has 0 fully saturated rings. The van der Waals surface area contributed by atoms with Gasteiger partial charge in [-0.1, -0.05) is 12.1 Å². The van der Waals surface area contributed by atoms with Crippen molar-refractivity contribution < 1.29 is 34.5 Å². The molecule has 4 amide bonds. The number of fused-ring (bicyclic) bond motifs is 5. The number of hydrogen-bond donors (Lipinski definition) is 11. The van der Waals surface area contributed by atoms with Gasteiger partial charge in [0.05, 0.1) is 12.1 Å². The Morgan fingerprint density at radius 2 is 1.43 bits per heavy atom. The van der Waals surface area contributed by atoms with Crippen molar-refractivity contribution in [2.24, 2.45) is 22.9 Å². The van der Waals surface area contributed by atoms with E-state index in [2.05, 4.69) is 21.3 Å². The summed E-state index contributed by atoms with van der Waals surface area (Å²) < 4.78 is 0. The monoisotopic (exact) mass is 772 g/mol. The van der Waals surface area contributed by atoms with Crippen molar-refractivity contribution in [1.29, 1.82) is 0 Å². The van der Waals surface area contributed by atoms with Crippen LogP contribution in [0.25, 0.3) is 11.1 Å². The molecule has 1 aliphatic rings. The summed E-state index contributed by atoms with van der Waals surface area (Å²) in [5.41, 5.74) is 24.9. The molecule has 15 N–H and O–H groups in total. The summed E-state index contributed by atoms with van der Waals surface area (Å²) in [6, 6.07) is 4.88. The SMILES string of the molecule is Cl.Cl.Cl.Cl.NCCC[C@@H]1NC(=O)[C@@H](N)Cc2cc(ccc2O)-c2ccc(O)c(c2)C[C@@H](C(=O)N[C@@H](CCN)C(=O)NCC(O)CN)NC1=O. The van der Waals surface area contributed by atoms with Gasteiger partial charge in [0.2, 0.25) is 23.6 Å². The molecule has 0 aromatic heterocycles. The Hall–Kier alpha value is -3.12. The first-order valence-electron chi connectivity index (χ1n) is 14.8. The summed E-state index contributed by atoms with van der Waals surface area (Å²) in [7, 11) is 0. The summed E-state index contributed by atoms with van der Waals surface area (Å²) in [6.07, 6.45) is -0.655. The number of phenolic OH excluding ortho intramolecular Hbond substituents is 2. The quantitative estimate of drug-likeness (QED) is 0.130. The number of carbonyl (C=O) groups excluding carboxylic acids is 4. The van der Waals surface area contributed by atoms with Gasteiger partial charge >= 0.3 is 0 Å². The minimum Gasteiger partial charge on any atom is -0.508 e. The van der Waals surface area contributed by atoms with Crippen molar-refractivity contribution in [1.82, 2.24) is 21.3 Å². The standard InChI is InChI=1S/C30H44N8O7.4ClH/c31-8-1-2-22-29(44)38-24(30(45)37-23(7-9-32)28(43)35-15-20(39)14-33)13-19-11-17(4-6-26(19)41)16-3-5-25(40)18(10-16)12-21(34)27(42)36-22;;;;/h3-6,10-11,20-24,39-41H,1-2,7-9,12-15,31-34H2,(H,35,43)(H,36,42)(H,37,45)(H,38,44);4*1H/t20?,21-,22-,23-,24-;;;;/m0..../s1. The molecular weight excluding hydrogens is 726 g/mol. The number of nitrogens with one attached hydrogen (secondary N) is 4. The van der Waals surface area contributed by atoms with Gasteiger partial charge in [-0.25, -0.2) is 0 Å². The lowest BCUT2D eigenvalue weighted by molar-refractivity contribution is -0.134. The molecule has 15 nitrogen and oxygen atoms in total. The Morgan fingerprint density at radius 3 is 1.96 bits per heavy atom. The average Bonchev–Trinajstić information content (AvgIpc) is 3.02. The van der Waals surface area contributed by atoms with E-state index in [0.29, 0.717) is 28.7 Å². The van der Waals surface area contributed by atoms with Crippen LogP contribution in [0.15, 0.2) is 36.4 Å². The molecular formula is C30H48Cl4N8O7. The second kappa shape index (κ2) is 23.3. The summed E-state index contributed by atoms with van der Waals surface area (Å²) >= 11 is 0. The molecule has 3 rings (SSSR count). The van der Waals surface area contributed by atoms with Gasteiger partial charge in [-0.15, -0.1) is 49.6 Å². The third-order valence-corrected chi connectivity index (χ3v) is 7.53. The van der Waals surface area contributed by atoms with Gasteiger partial charge in [-0.2, -0.15) is 0 Å². The molecule has 0 spiro atoms. The van der Waals surface area contributed by atoms with E-state index in [-0.39, 0.29) is 113 Å². The largest absolute Gasteiger partial charge is 0.508 e. The fraction of sp³-hybridized carbons (Fsp3) is 0.467. The molecule has 1 unspecified atom stereocenters. The van der Waals surface area contributed by atoms with Crippen molar-refractivity contribution in [3.63, 3.8) is 0 Å². The molecule has 2 aromatic carbocycles. The number of aliphatic hydroxyl groups excluding tert-OH is 1. The minimum absolute atomic E-state index is 0. The van der Waals surface area contributed by atoms with Crippen LogP contribution < -0.4 is 44.2 Å². The number of amides is 4. The molecule has 2 aromatic rings. The van der Waals surface area contributed by atoms with Crippen LogP contribution in [0, 0.1) is 0 Å². The summed E-state index contributed by atoms with van der Waals surface area (Å²) in [5, 5.41) is 41.4. The summed E-state index contributed by atoms with van der Waals surface area (Å²) in [4.78, 5) is 53.2. The van der Waals surface area contributed by atoms with Crippen molar-refractivity contribution in [3.05, 3.63) is 47.5 Å². The Labute approximate surface area is 309 Å². The molecule has 278 valence electrons. The number of carbonyl (C=O) groups is 4. The number of phenols is 2. The van der Waals surface area contributed by atoms with E-state index in [9.17, 15) is 34.5 Å². The second-order valence-electron chi connectivity index (χ2n) is 11.0. The third-order valence-electron chi connectivity index (χ3n) is 7.53. The summed E-state index contributed by atoms with van der Waals surface area (Å²) in [6.45, 7) is 0.0469. The summed E-state index contributed by atoms with van der Waals surface area (Å²) in [5.74, 6) is -2.92. The van der Waals surface area contributed by atoms with Crippen molar-refractivity contribution >= 4 is 73.3 Å². The molecule has 1 heterocycles. The van der Waals surface area contributed by atoms with Crippen LogP contribution in [-0.4, -0.2) is 95.4 Å². The van der Waals surface area contributed by atoms with E-state index in [4.69, 9.17) is 22.9 Å². The first kappa shape index (κ1) is 48.0. The highest BCUT2D eigenvalue weighted by Gasteiger charge is 2.31. The average molecular weight is 775 g/mol. The number of rotatable bonds is 11. The topological polar surface area (TPSA) is 281 Å². The maximum atomic E-state index is 13.7. The van der Waals surface area contributed by atoms with Gasteiger partial charge in [0.25, 0.3) is 0 Å². The highest BCUT2D eigenvalue weighted by Crippen LogP contribution is 2.31. The van der Waals surface area contributed by atoms with Crippen LogP contribution in [0.4, 0.5) is 0 Å². The minimum atomic E-state index is -1.31. The lowest BCUT2D eigenvalue weighted by Crippen LogP contribution is -2.58. The molecule has 19 heteroatoms. The van der Waals surface area contributed by atoms with Crippen LogP contribution in [0.5, 0.6) is 11.5 Å². The van der Waals surface area contributed by atoms with Crippen LogP contribution in [0.1, 0.15) is 30.4 Å². The van der Waals surface area contributed by atoms with Gasteiger partial charge in [0.1, 0.15) is 29.6 Å². The number of nitrogens with two attached hydrogens (primary N) is 4. The predicted octanol–water partition coefficient (Wildman–Crippen LogP) is -1.14. The Morgan fingerprint density at radius 1 is 0.857 bits per heavy atom. The number of aliphatic hydroxyl groups is 1. The van der Waals surface area contributed by atoms with E-state index in [1.54, 1.807) is 24.3 Å². The van der Waals surface area contributed by atoms with Crippen molar-refractivity contribution in [2.45, 2.75) is 62.4 Å². The van der Waals surface area contributed by atoms with E-state index >= 15 is 0 Å². The van der Waals surface area contributed by atoms with Gasteiger partial charge in [-0.3, -0.25) is 19.2 Å². The first-order valence-corrected chi connectivity index (χ1v) is 14.8. The van der Waals surface area contributed by atoms with E-state index in [0.717, 1.165) is 0 Å². The lowest BCUT2D eigenvalue weighted by atomic mass is 9.95. The Balaban J connectivity index is 0. The predicted molar refractivity (Wildman–Crippen MR) is 195 cm³/mol. The highest BCUT2D eigenvalue weighted by atomic mass is 35.5. The van der Waals surface area contributed by atoms with Crippen LogP contribution in [-0.2, 0) is 32.0 Å². The van der Waals surface area contributed by atoms with Gasteiger partial charge in [0.15, 0.2) is 0 Å². The number of hydrogen-bond acceptors (Lipinski definition) is 11. The molecule has 0 saturated carbocycles. The zero-order valence-corrected chi connectivity index (χ0v) is 29.9. The van der Waals surface area contributed by atoms with Gasteiger partial charge < -0.3 is 59.5 Å². The number of aromatic hydroxyl groups is 2. The van der Waals surface area contributed by atoms with Gasteiger partial charge in [0, 0.05) is 25.9 Å². The van der Waals surface area contributed by atoms with Crippen LogP contribution in [0.2, 0.25) is 0 Å². The lowest BCUT2D eigenvalue weighted by Gasteiger charge is -2.26. The third kappa shape index (κ3) is 14.0. The molecule has 0 aliphatic carbocycles. The molecule has 5 atom stereocenters. The zero-order valence-electron chi connectivity index (χ0n) is 26.6. The second-order valence-corrected chi connectivity index (χ2v) is 11.0. The smallest absolute Gasteiger partial charge is 0.243 e. The number of benzene rings is 2. The van der Waals surface area contributed by atoms with E-state index in [1.807, 2.05) is 0 Å². The number of halogens is 4. The Bertz CT molecular complexity index is 1380. The maximum absolute atomic E-state index is 13.7. The molecule has 4 bridgehead atoms.